The van der Waals surface area contributed by atoms with Crippen molar-refractivity contribution in [3.8, 4) is 0 Å². The SMILES string of the molecule is CN1C(=O)CC[C@]2(C)[C@H]3CC[C@]4(C)[C@@H](Cc5nc6ccc(F)cc6[nH]5)CC[C@H]4[C@@H]3CC[C@@H]12. The summed E-state index contributed by atoms with van der Waals surface area (Å²) in [6.45, 7) is 5.05. The second-order valence-electron chi connectivity index (χ2n) is 11.8. The van der Waals surface area contributed by atoms with Crippen molar-refractivity contribution in [3.05, 3.63) is 29.8 Å². The lowest BCUT2D eigenvalue weighted by Gasteiger charge is -2.61. The number of aromatic amines is 1. The fourth-order valence-corrected chi connectivity index (χ4v) is 8.96. The Bertz CT molecular complexity index is 1060. The Hall–Kier alpha value is -1.91. The number of nitrogens with zero attached hydrogens (tertiary/aromatic N) is 2. The molecule has 6 rings (SSSR count). The number of nitrogens with one attached hydrogen (secondary N) is 1. The number of benzene rings is 1. The molecule has 172 valence electrons. The van der Waals surface area contributed by atoms with Crippen LogP contribution in [0, 0.1) is 40.3 Å². The lowest BCUT2D eigenvalue weighted by molar-refractivity contribution is -0.158. The smallest absolute Gasteiger partial charge is 0.222 e. The third-order valence-electron chi connectivity index (χ3n) is 10.7. The average molecular weight is 438 g/mol. The van der Waals surface area contributed by atoms with Gasteiger partial charge in [-0.05, 0) is 97.6 Å². The summed E-state index contributed by atoms with van der Waals surface area (Å²) in [5, 5.41) is 0. The van der Waals surface area contributed by atoms with Crippen LogP contribution in [0.5, 0.6) is 0 Å². The molecule has 4 nitrogen and oxygen atoms in total. The normalized spacial score (nSPS) is 41.4. The number of piperidine rings is 1. The van der Waals surface area contributed by atoms with Crippen molar-refractivity contribution in [3.63, 3.8) is 0 Å². The molecule has 0 radical (unpaired) electrons. The first kappa shape index (κ1) is 20.7. The van der Waals surface area contributed by atoms with Crippen LogP contribution in [0.3, 0.4) is 0 Å². The molecular formula is C27H36FN3O. The summed E-state index contributed by atoms with van der Waals surface area (Å²) in [4.78, 5) is 22.7. The van der Waals surface area contributed by atoms with Gasteiger partial charge in [-0.15, -0.1) is 0 Å². The molecule has 3 aliphatic carbocycles. The Morgan fingerprint density at radius 3 is 2.75 bits per heavy atom. The highest BCUT2D eigenvalue weighted by molar-refractivity contribution is 5.77. The number of hydrogen-bond acceptors (Lipinski definition) is 2. The zero-order valence-electron chi connectivity index (χ0n) is 19.7. The van der Waals surface area contributed by atoms with Crippen molar-refractivity contribution < 1.29 is 9.18 Å². The standard InChI is InChI=1S/C27H36FN3O/c1-26-12-10-20-18(6-9-23-27(20,2)13-11-25(32)31(23)3)19(26)7-4-16(26)14-24-29-21-8-5-17(28)15-22(21)30-24/h5,8,15-16,18-20,23H,4,6-7,9-14H2,1-3H3,(H,29,30)/t16-,18+,19+,20+,23-,26-,27-/m1/s1. The number of imidazole rings is 1. The molecule has 32 heavy (non-hydrogen) atoms. The van der Waals surface area contributed by atoms with Crippen LogP contribution in [-0.2, 0) is 11.2 Å². The third-order valence-corrected chi connectivity index (χ3v) is 10.7. The van der Waals surface area contributed by atoms with Gasteiger partial charge in [0.25, 0.3) is 0 Å². The quantitative estimate of drug-likeness (QED) is 0.653. The molecule has 4 fully saturated rings. The van der Waals surface area contributed by atoms with Crippen LogP contribution in [-0.4, -0.2) is 33.9 Å². The minimum Gasteiger partial charge on any atom is -0.342 e. The number of aromatic nitrogens is 2. The van der Waals surface area contributed by atoms with Crippen LogP contribution >= 0.6 is 0 Å². The molecule has 1 saturated heterocycles. The van der Waals surface area contributed by atoms with E-state index in [1.807, 2.05) is 7.05 Å². The minimum atomic E-state index is -0.210. The van der Waals surface area contributed by atoms with Crippen molar-refractivity contribution in [2.45, 2.75) is 77.7 Å². The zero-order chi connectivity index (χ0) is 22.3. The van der Waals surface area contributed by atoms with Gasteiger partial charge in [0.05, 0.1) is 11.0 Å². The number of amides is 1. The van der Waals surface area contributed by atoms with Crippen LogP contribution in [0.4, 0.5) is 4.39 Å². The fraction of sp³-hybridized carbons (Fsp3) is 0.704. The Kier molecular flexibility index (Phi) is 4.55. The second kappa shape index (κ2) is 7.04. The van der Waals surface area contributed by atoms with Crippen molar-refractivity contribution in [1.29, 1.82) is 0 Å². The molecule has 1 aliphatic heterocycles. The Labute approximate surface area is 190 Å². The monoisotopic (exact) mass is 437 g/mol. The van der Waals surface area contributed by atoms with Crippen LogP contribution < -0.4 is 0 Å². The number of fused-ring (bicyclic) bond motifs is 6. The first-order valence-electron chi connectivity index (χ1n) is 12.7. The number of likely N-dealkylation sites (tertiary alicyclic amines) is 1. The van der Waals surface area contributed by atoms with Gasteiger partial charge in [-0.2, -0.15) is 0 Å². The van der Waals surface area contributed by atoms with Gasteiger partial charge in [-0.3, -0.25) is 4.79 Å². The third kappa shape index (κ3) is 2.85. The number of carbonyl (C=O) groups is 1. The maximum Gasteiger partial charge on any atom is 0.222 e. The first-order valence-corrected chi connectivity index (χ1v) is 12.7. The summed E-state index contributed by atoms with van der Waals surface area (Å²) < 4.78 is 13.6. The number of hydrogen-bond donors (Lipinski definition) is 1. The maximum absolute atomic E-state index is 13.6. The summed E-state index contributed by atoms with van der Waals surface area (Å²) in [6.07, 6.45) is 10.4. The van der Waals surface area contributed by atoms with Crippen molar-refractivity contribution in [1.82, 2.24) is 14.9 Å². The number of H-pyrrole nitrogens is 1. The van der Waals surface area contributed by atoms with Crippen molar-refractivity contribution >= 4 is 16.9 Å². The van der Waals surface area contributed by atoms with E-state index in [9.17, 15) is 9.18 Å². The molecule has 5 heteroatoms. The minimum absolute atomic E-state index is 0.210. The molecule has 0 spiro atoms. The number of halogens is 1. The van der Waals surface area contributed by atoms with E-state index in [0.29, 0.717) is 23.3 Å². The van der Waals surface area contributed by atoms with Gasteiger partial charge < -0.3 is 9.88 Å². The van der Waals surface area contributed by atoms with E-state index in [0.717, 1.165) is 53.9 Å². The summed E-state index contributed by atoms with van der Waals surface area (Å²) in [6, 6.07) is 5.26. The second-order valence-corrected chi connectivity index (χ2v) is 11.8. The van der Waals surface area contributed by atoms with Crippen LogP contribution in [0.15, 0.2) is 18.2 Å². The maximum atomic E-state index is 13.6. The lowest BCUT2D eigenvalue weighted by atomic mass is 9.46. The predicted octanol–water partition coefficient (Wildman–Crippen LogP) is 5.72. The largest absolute Gasteiger partial charge is 0.342 e. The van der Waals surface area contributed by atoms with E-state index in [1.54, 1.807) is 12.1 Å². The first-order chi connectivity index (χ1) is 15.3. The summed E-state index contributed by atoms with van der Waals surface area (Å²) in [5.74, 6) is 4.13. The van der Waals surface area contributed by atoms with Gasteiger partial charge >= 0.3 is 0 Å². The molecule has 1 amide bonds. The summed E-state index contributed by atoms with van der Waals surface area (Å²) in [7, 11) is 2.04. The molecule has 1 aromatic carbocycles. The molecular weight excluding hydrogens is 401 g/mol. The van der Waals surface area contributed by atoms with E-state index < -0.39 is 0 Å². The summed E-state index contributed by atoms with van der Waals surface area (Å²) >= 11 is 0. The van der Waals surface area contributed by atoms with Gasteiger partial charge in [0.15, 0.2) is 0 Å². The van der Waals surface area contributed by atoms with E-state index >= 15 is 0 Å². The highest BCUT2D eigenvalue weighted by Gasteiger charge is 2.61. The molecule has 4 aliphatic rings. The van der Waals surface area contributed by atoms with Gasteiger partial charge in [0, 0.05) is 25.9 Å². The van der Waals surface area contributed by atoms with Crippen LogP contribution in [0.25, 0.3) is 11.0 Å². The van der Waals surface area contributed by atoms with E-state index in [-0.39, 0.29) is 11.2 Å². The van der Waals surface area contributed by atoms with Gasteiger partial charge in [0.1, 0.15) is 11.6 Å². The molecule has 2 aromatic rings. The Morgan fingerprint density at radius 2 is 1.91 bits per heavy atom. The molecule has 1 aromatic heterocycles. The van der Waals surface area contributed by atoms with E-state index in [4.69, 9.17) is 4.98 Å². The molecule has 2 heterocycles. The Balaban J connectivity index is 1.24. The highest BCUT2D eigenvalue weighted by atomic mass is 19.1. The predicted molar refractivity (Wildman–Crippen MR) is 123 cm³/mol. The fourth-order valence-electron chi connectivity index (χ4n) is 8.96. The summed E-state index contributed by atoms with van der Waals surface area (Å²) in [5.41, 5.74) is 2.33. The zero-order valence-corrected chi connectivity index (χ0v) is 19.7. The number of rotatable bonds is 2. The highest BCUT2D eigenvalue weighted by Crippen LogP contribution is 2.66. The topological polar surface area (TPSA) is 49.0 Å². The van der Waals surface area contributed by atoms with Gasteiger partial charge in [-0.25, -0.2) is 9.37 Å². The molecule has 1 N–H and O–H groups in total. The van der Waals surface area contributed by atoms with Gasteiger partial charge in [-0.1, -0.05) is 13.8 Å². The molecule has 0 bridgehead atoms. The Morgan fingerprint density at radius 1 is 1.09 bits per heavy atom. The molecule has 3 saturated carbocycles. The van der Waals surface area contributed by atoms with E-state index in [1.165, 1.54) is 44.6 Å². The number of carbonyl (C=O) groups excluding carboxylic acids is 1. The van der Waals surface area contributed by atoms with Gasteiger partial charge in [0.2, 0.25) is 5.91 Å². The average Bonchev–Trinajstić information content (AvgIpc) is 3.31. The van der Waals surface area contributed by atoms with Crippen LogP contribution in [0.2, 0.25) is 0 Å². The van der Waals surface area contributed by atoms with Crippen LogP contribution in [0.1, 0.15) is 71.0 Å². The van der Waals surface area contributed by atoms with Crippen molar-refractivity contribution in [2.24, 2.45) is 34.5 Å². The lowest BCUT2D eigenvalue weighted by Crippen LogP contribution is -2.61. The molecule has 0 unspecified atom stereocenters. The van der Waals surface area contributed by atoms with E-state index in [2.05, 4.69) is 23.7 Å². The van der Waals surface area contributed by atoms with Crippen molar-refractivity contribution in [2.75, 3.05) is 7.05 Å². The molecule has 7 atom stereocenters.